The zero-order valence-electron chi connectivity index (χ0n) is 33.2. The molecule has 1 aliphatic heterocycles. The summed E-state index contributed by atoms with van der Waals surface area (Å²) < 4.78 is 43.7. The van der Waals surface area contributed by atoms with Crippen molar-refractivity contribution in [3.63, 3.8) is 0 Å². The van der Waals surface area contributed by atoms with Crippen molar-refractivity contribution in [2.75, 3.05) is 39.6 Å². The van der Waals surface area contributed by atoms with Gasteiger partial charge in [0, 0.05) is 23.3 Å². The van der Waals surface area contributed by atoms with Gasteiger partial charge in [-0.15, -0.1) is 0 Å². The molecule has 1 saturated heterocycles. The number of benzene rings is 2. The van der Waals surface area contributed by atoms with Crippen LogP contribution in [0.3, 0.4) is 0 Å². The Hall–Kier alpha value is -6.52. The van der Waals surface area contributed by atoms with Gasteiger partial charge in [-0.2, -0.15) is 0 Å². The fraction of sp³-hybridized carbons (Fsp3) is 0.364. The minimum atomic E-state index is -1.30. The molecule has 2 aromatic carbocycles. The number of aromatic nitrogens is 4. The molecule has 16 nitrogen and oxygen atoms in total. The fourth-order valence-electron chi connectivity index (χ4n) is 5.56. The van der Waals surface area contributed by atoms with E-state index in [0.29, 0.717) is 60.7 Å². The molecule has 316 valence electrons. The fourth-order valence-corrected chi connectivity index (χ4v) is 5.56. The van der Waals surface area contributed by atoms with Gasteiger partial charge in [0.15, 0.2) is 23.1 Å². The third-order valence-corrected chi connectivity index (χ3v) is 8.77. The Morgan fingerprint density at radius 3 is 1.23 bits per heavy atom. The summed E-state index contributed by atoms with van der Waals surface area (Å²) in [5.74, 6) is -0.286. The number of carbonyl (C=O) groups is 4. The highest BCUT2D eigenvalue weighted by molar-refractivity contribution is 5.91. The molecule has 0 spiro atoms. The van der Waals surface area contributed by atoms with Gasteiger partial charge < -0.3 is 37.9 Å². The molecule has 1 aliphatic rings. The van der Waals surface area contributed by atoms with Crippen LogP contribution < -0.4 is 9.47 Å². The van der Waals surface area contributed by atoms with Crippen molar-refractivity contribution in [3.05, 3.63) is 110 Å². The first-order valence-corrected chi connectivity index (χ1v) is 19.7. The van der Waals surface area contributed by atoms with E-state index in [0.717, 1.165) is 63.5 Å². The van der Waals surface area contributed by atoms with E-state index in [4.69, 9.17) is 37.9 Å². The van der Waals surface area contributed by atoms with Crippen molar-refractivity contribution in [2.45, 2.75) is 63.9 Å². The minimum absolute atomic E-state index is 0.131. The summed E-state index contributed by atoms with van der Waals surface area (Å²) >= 11 is 0. The summed E-state index contributed by atoms with van der Waals surface area (Å²) in [6.45, 7) is 8.75. The number of hydrogen-bond acceptors (Lipinski definition) is 16. The molecule has 1 fully saturated rings. The second-order valence-electron chi connectivity index (χ2n) is 13.2. The van der Waals surface area contributed by atoms with Gasteiger partial charge in [-0.25, -0.2) is 39.1 Å². The lowest BCUT2D eigenvalue weighted by Gasteiger charge is -2.30. The molecule has 4 aromatic rings. The Kier molecular flexibility index (Phi) is 18.1. The lowest BCUT2D eigenvalue weighted by molar-refractivity contribution is -0.288. The number of esters is 4. The second kappa shape index (κ2) is 24.4. The van der Waals surface area contributed by atoms with Crippen LogP contribution in [0.1, 0.15) is 72.1 Å². The van der Waals surface area contributed by atoms with Crippen molar-refractivity contribution < 1.29 is 57.1 Å². The topological polar surface area (TPSA) is 194 Å². The van der Waals surface area contributed by atoms with Gasteiger partial charge >= 0.3 is 23.9 Å². The molecule has 2 atom stereocenters. The first kappa shape index (κ1) is 44.6. The molecule has 2 aromatic heterocycles. The Labute approximate surface area is 347 Å². The third kappa shape index (κ3) is 14.7. The van der Waals surface area contributed by atoms with Crippen LogP contribution in [-0.2, 0) is 38.0 Å². The van der Waals surface area contributed by atoms with Crippen molar-refractivity contribution in [1.29, 1.82) is 0 Å². The Morgan fingerprint density at radius 1 is 0.533 bits per heavy atom. The molecule has 0 unspecified atom stereocenters. The molecule has 60 heavy (non-hydrogen) atoms. The summed E-state index contributed by atoms with van der Waals surface area (Å²) in [7, 11) is 0. The summed E-state index contributed by atoms with van der Waals surface area (Å²) in [5, 5.41) is 0. The quantitative estimate of drug-likeness (QED) is 0.0315. The van der Waals surface area contributed by atoms with E-state index in [9.17, 15) is 19.2 Å². The molecule has 0 N–H and O–H groups in total. The molecule has 5 rings (SSSR count). The molecule has 3 heterocycles. The van der Waals surface area contributed by atoms with Gasteiger partial charge in [0.1, 0.15) is 0 Å². The van der Waals surface area contributed by atoms with Crippen LogP contribution in [0.15, 0.2) is 98.6 Å². The van der Waals surface area contributed by atoms with E-state index in [1.54, 1.807) is 73.3 Å². The van der Waals surface area contributed by atoms with Gasteiger partial charge in [-0.3, -0.25) is 0 Å². The van der Waals surface area contributed by atoms with Gasteiger partial charge in [-0.1, -0.05) is 37.4 Å². The van der Waals surface area contributed by atoms with Crippen LogP contribution in [0.4, 0.5) is 0 Å². The molecule has 0 aliphatic carbocycles. The predicted molar refractivity (Wildman–Crippen MR) is 215 cm³/mol. The lowest BCUT2D eigenvalue weighted by atomic mass is 10.1. The standard InChI is InChI=1S/C44H48N4O12/c1-3-37(49)55-23-11-7-5-9-21-53-35-27-45-39(46-28-35)31-13-17-33(18-14-31)41(51)59-43-44(58-26-25-57-43)60-42(52)34-19-15-32(16-20-34)40-47-29-36(30-48-40)54-22-10-6-8-12-24-56-38(50)4-2/h3-4,13-20,27-30,43-44H,1-2,5-12,21-26H2/t43-,44-/m0/s1. The Morgan fingerprint density at radius 2 is 0.883 bits per heavy atom. The van der Waals surface area contributed by atoms with E-state index < -0.39 is 36.5 Å². The molecule has 0 radical (unpaired) electrons. The van der Waals surface area contributed by atoms with Crippen LogP contribution >= 0.6 is 0 Å². The largest absolute Gasteiger partial charge is 0.490 e. The smallest absolute Gasteiger partial charge is 0.340 e. The van der Waals surface area contributed by atoms with Crippen LogP contribution in [0.5, 0.6) is 11.5 Å². The normalized spacial score (nSPS) is 14.6. The molecule has 16 heteroatoms. The van der Waals surface area contributed by atoms with Crippen molar-refractivity contribution in [3.8, 4) is 34.3 Å². The number of nitrogens with zero attached hydrogens (tertiary/aromatic N) is 4. The molecular weight excluding hydrogens is 776 g/mol. The third-order valence-electron chi connectivity index (χ3n) is 8.77. The Balaban J connectivity index is 1.02. The maximum absolute atomic E-state index is 13.1. The lowest BCUT2D eigenvalue weighted by Crippen LogP contribution is -2.44. The zero-order chi connectivity index (χ0) is 42.4. The van der Waals surface area contributed by atoms with E-state index in [-0.39, 0.29) is 24.3 Å². The minimum Gasteiger partial charge on any atom is -0.490 e. The summed E-state index contributed by atoms with van der Waals surface area (Å²) in [5.41, 5.74) is 1.80. The number of unbranched alkanes of at least 4 members (excludes halogenated alkanes) is 6. The first-order chi connectivity index (χ1) is 29.3. The highest BCUT2D eigenvalue weighted by Gasteiger charge is 2.34. The van der Waals surface area contributed by atoms with Crippen molar-refractivity contribution >= 4 is 23.9 Å². The van der Waals surface area contributed by atoms with Gasteiger partial charge in [0.2, 0.25) is 0 Å². The van der Waals surface area contributed by atoms with E-state index in [1.807, 2.05) is 0 Å². The second-order valence-corrected chi connectivity index (χ2v) is 13.2. The molecular formula is C44H48N4O12. The van der Waals surface area contributed by atoms with E-state index in [2.05, 4.69) is 33.1 Å². The average molecular weight is 825 g/mol. The van der Waals surface area contributed by atoms with Crippen LogP contribution in [0.2, 0.25) is 0 Å². The van der Waals surface area contributed by atoms with Crippen LogP contribution in [-0.4, -0.2) is 96.0 Å². The van der Waals surface area contributed by atoms with Crippen molar-refractivity contribution in [2.24, 2.45) is 0 Å². The SMILES string of the molecule is C=CC(=O)OCCCCCCOc1cnc(-c2ccc(C(=O)O[C@@H]3OCCO[C@H]3OC(=O)c3ccc(-c4ncc(OCCCCCCOC(=O)C=C)cn4)cc3)cc2)nc1. The maximum Gasteiger partial charge on any atom is 0.340 e. The highest BCUT2D eigenvalue weighted by atomic mass is 16.8. The first-order valence-electron chi connectivity index (χ1n) is 19.7. The highest BCUT2D eigenvalue weighted by Crippen LogP contribution is 2.22. The van der Waals surface area contributed by atoms with E-state index >= 15 is 0 Å². The van der Waals surface area contributed by atoms with Gasteiger partial charge in [0.25, 0.3) is 12.6 Å². The summed E-state index contributed by atoms with van der Waals surface area (Å²) in [6, 6.07) is 13.0. The number of rotatable bonds is 24. The molecule has 0 saturated carbocycles. The monoisotopic (exact) mass is 824 g/mol. The summed E-state index contributed by atoms with van der Waals surface area (Å²) in [6.07, 6.45) is 12.9. The van der Waals surface area contributed by atoms with Gasteiger partial charge in [-0.05, 0) is 75.6 Å². The molecule has 0 amide bonds. The number of ether oxygens (including phenoxy) is 8. The van der Waals surface area contributed by atoms with Crippen LogP contribution in [0.25, 0.3) is 22.8 Å². The average Bonchev–Trinajstić information content (AvgIpc) is 3.29. The maximum atomic E-state index is 13.1. The summed E-state index contributed by atoms with van der Waals surface area (Å²) in [4.78, 5) is 65.8. The Bertz CT molecular complexity index is 1850. The van der Waals surface area contributed by atoms with Crippen LogP contribution in [0, 0.1) is 0 Å². The number of carbonyl (C=O) groups excluding carboxylic acids is 4. The van der Waals surface area contributed by atoms with Crippen molar-refractivity contribution in [1.82, 2.24) is 19.9 Å². The predicted octanol–water partition coefficient (Wildman–Crippen LogP) is 6.65. The van der Waals surface area contributed by atoms with Gasteiger partial charge in [0.05, 0.1) is 75.6 Å². The molecule has 0 bridgehead atoms. The van der Waals surface area contributed by atoms with E-state index in [1.165, 1.54) is 0 Å². The zero-order valence-corrected chi connectivity index (χ0v) is 33.2. The number of hydrogen-bond donors (Lipinski definition) is 0.